The molecule has 0 unspecified atom stereocenters. The molecule has 0 saturated carbocycles. The van der Waals surface area contributed by atoms with Gasteiger partial charge in [0.25, 0.3) is 0 Å². The summed E-state index contributed by atoms with van der Waals surface area (Å²) < 4.78 is 2.84. The summed E-state index contributed by atoms with van der Waals surface area (Å²) in [5.74, 6) is 0. The molecular weight excluding hydrogens is 264 g/mol. The molecule has 0 spiro atoms. The molecule has 3 rings (SSSR count). The number of rotatable bonds is 3. The van der Waals surface area contributed by atoms with E-state index in [0.29, 0.717) is 0 Å². The molecule has 2 aromatic carbocycles. The Kier molecular flexibility index (Phi) is 3.45. The SMILES string of the molecule is CCCc1ccc(-n2c(=S)[nH]c3cc(C)ccc32)cc1. The number of benzene rings is 2. The molecule has 20 heavy (non-hydrogen) atoms. The van der Waals surface area contributed by atoms with Crippen LogP contribution in [0, 0.1) is 11.7 Å². The van der Waals surface area contributed by atoms with Gasteiger partial charge in [-0.05, 0) is 61.0 Å². The minimum absolute atomic E-state index is 0.744. The maximum Gasteiger partial charge on any atom is 0.182 e. The molecule has 0 radical (unpaired) electrons. The Morgan fingerprint density at radius 1 is 1.10 bits per heavy atom. The molecule has 0 aliphatic carbocycles. The summed E-state index contributed by atoms with van der Waals surface area (Å²) in [6, 6.07) is 15.0. The number of nitrogens with zero attached hydrogens (tertiary/aromatic N) is 1. The van der Waals surface area contributed by atoms with Crippen LogP contribution in [-0.4, -0.2) is 9.55 Å². The predicted molar refractivity (Wildman–Crippen MR) is 87.2 cm³/mol. The Morgan fingerprint density at radius 2 is 1.85 bits per heavy atom. The zero-order valence-electron chi connectivity index (χ0n) is 11.8. The molecular formula is C17H18N2S. The standard InChI is InChI=1S/C17H18N2S/c1-3-4-13-6-8-14(9-7-13)19-16-10-5-12(2)11-15(16)18-17(19)20/h5-11H,3-4H2,1-2H3,(H,18,20). The summed E-state index contributed by atoms with van der Waals surface area (Å²) in [5, 5.41) is 0. The van der Waals surface area contributed by atoms with Gasteiger partial charge < -0.3 is 4.98 Å². The molecule has 1 aromatic heterocycles. The second-order valence-corrected chi connectivity index (χ2v) is 5.59. The van der Waals surface area contributed by atoms with Gasteiger partial charge in [-0.2, -0.15) is 0 Å². The summed E-state index contributed by atoms with van der Waals surface area (Å²) in [5.41, 5.74) is 5.94. The van der Waals surface area contributed by atoms with Gasteiger partial charge in [0.2, 0.25) is 0 Å². The molecule has 0 fully saturated rings. The van der Waals surface area contributed by atoms with E-state index in [0.717, 1.165) is 27.9 Å². The third-order valence-corrected chi connectivity index (χ3v) is 3.86. The van der Waals surface area contributed by atoms with Crippen LogP contribution in [0.3, 0.4) is 0 Å². The fraction of sp³-hybridized carbons (Fsp3) is 0.235. The van der Waals surface area contributed by atoms with Crippen molar-refractivity contribution in [3.8, 4) is 5.69 Å². The predicted octanol–water partition coefficient (Wildman–Crippen LogP) is 4.95. The van der Waals surface area contributed by atoms with Gasteiger partial charge in [0, 0.05) is 5.69 Å². The van der Waals surface area contributed by atoms with E-state index in [9.17, 15) is 0 Å². The molecule has 0 amide bonds. The van der Waals surface area contributed by atoms with E-state index in [1.54, 1.807) is 0 Å². The van der Waals surface area contributed by atoms with Crippen molar-refractivity contribution in [2.45, 2.75) is 26.7 Å². The number of fused-ring (bicyclic) bond motifs is 1. The monoisotopic (exact) mass is 282 g/mol. The number of aromatic nitrogens is 2. The molecule has 0 bridgehead atoms. The van der Waals surface area contributed by atoms with Crippen LogP contribution < -0.4 is 0 Å². The van der Waals surface area contributed by atoms with Gasteiger partial charge in [0.1, 0.15) is 0 Å². The van der Waals surface area contributed by atoms with Crippen LogP contribution in [0.15, 0.2) is 42.5 Å². The maximum absolute atomic E-state index is 5.47. The zero-order valence-corrected chi connectivity index (χ0v) is 12.6. The first-order chi connectivity index (χ1) is 9.69. The van der Waals surface area contributed by atoms with Crippen molar-refractivity contribution >= 4 is 23.3 Å². The lowest BCUT2D eigenvalue weighted by molar-refractivity contribution is 0.920. The van der Waals surface area contributed by atoms with Crippen LogP contribution in [0.5, 0.6) is 0 Å². The van der Waals surface area contributed by atoms with E-state index < -0.39 is 0 Å². The molecule has 0 saturated heterocycles. The van der Waals surface area contributed by atoms with E-state index in [2.05, 4.69) is 65.9 Å². The van der Waals surface area contributed by atoms with Crippen molar-refractivity contribution in [3.63, 3.8) is 0 Å². The molecule has 0 atom stereocenters. The Labute approximate surface area is 124 Å². The van der Waals surface area contributed by atoms with E-state index in [4.69, 9.17) is 12.2 Å². The highest BCUT2D eigenvalue weighted by Gasteiger charge is 2.06. The number of imidazole rings is 1. The van der Waals surface area contributed by atoms with Crippen LogP contribution in [-0.2, 0) is 6.42 Å². The van der Waals surface area contributed by atoms with Crippen molar-refractivity contribution in [1.82, 2.24) is 9.55 Å². The average Bonchev–Trinajstić information content (AvgIpc) is 2.75. The Morgan fingerprint density at radius 3 is 2.55 bits per heavy atom. The third kappa shape index (κ3) is 2.29. The second-order valence-electron chi connectivity index (χ2n) is 5.20. The number of aromatic amines is 1. The van der Waals surface area contributed by atoms with Crippen LogP contribution >= 0.6 is 12.2 Å². The van der Waals surface area contributed by atoms with Crippen molar-refractivity contribution in [3.05, 3.63) is 58.4 Å². The number of hydrogen-bond acceptors (Lipinski definition) is 1. The normalized spacial score (nSPS) is 11.1. The number of nitrogens with one attached hydrogen (secondary N) is 1. The smallest absolute Gasteiger partial charge is 0.182 e. The highest BCUT2D eigenvalue weighted by molar-refractivity contribution is 7.71. The lowest BCUT2D eigenvalue weighted by Gasteiger charge is -2.06. The molecule has 1 heterocycles. The summed E-state index contributed by atoms with van der Waals surface area (Å²) in [7, 11) is 0. The van der Waals surface area contributed by atoms with E-state index in [1.807, 2.05) is 0 Å². The van der Waals surface area contributed by atoms with Crippen LogP contribution in [0.4, 0.5) is 0 Å². The van der Waals surface area contributed by atoms with Gasteiger partial charge in [0.05, 0.1) is 11.0 Å². The van der Waals surface area contributed by atoms with Crippen molar-refractivity contribution < 1.29 is 0 Å². The van der Waals surface area contributed by atoms with Crippen molar-refractivity contribution in [2.24, 2.45) is 0 Å². The Balaban J connectivity index is 2.14. The first-order valence-corrected chi connectivity index (χ1v) is 7.40. The largest absolute Gasteiger partial charge is 0.330 e. The topological polar surface area (TPSA) is 20.7 Å². The molecule has 2 nitrogen and oxygen atoms in total. The minimum atomic E-state index is 0.744. The van der Waals surface area contributed by atoms with Gasteiger partial charge in [-0.25, -0.2) is 0 Å². The highest BCUT2D eigenvalue weighted by atomic mass is 32.1. The first-order valence-electron chi connectivity index (χ1n) is 7.00. The Bertz CT molecular complexity index is 794. The molecule has 3 aromatic rings. The zero-order chi connectivity index (χ0) is 14.1. The molecule has 3 heteroatoms. The molecule has 0 aliphatic heterocycles. The first kappa shape index (κ1) is 13.1. The van der Waals surface area contributed by atoms with E-state index >= 15 is 0 Å². The lowest BCUT2D eigenvalue weighted by atomic mass is 10.1. The van der Waals surface area contributed by atoms with Crippen LogP contribution in [0.2, 0.25) is 0 Å². The van der Waals surface area contributed by atoms with Gasteiger partial charge >= 0.3 is 0 Å². The quantitative estimate of drug-likeness (QED) is 0.674. The summed E-state index contributed by atoms with van der Waals surface area (Å²) in [6.45, 7) is 4.29. The van der Waals surface area contributed by atoms with Crippen LogP contribution in [0.25, 0.3) is 16.7 Å². The summed E-state index contributed by atoms with van der Waals surface area (Å²) >= 11 is 5.47. The summed E-state index contributed by atoms with van der Waals surface area (Å²) in [4.78, 5) is 3.28. The molecule has 1 N–H and O–H groups in total. The number of aryl methyl sites for hydroxylation is 2. The van der Waals surface area contributed by atoms with Crippen molar-refractivity contribution in [2.75, 3.05) is 0 Å². The fourth-order valence-electron chi connectivity index (χ4n) is 2.58. The summed E-state index contributed by atoms with van der Waals surface area (Å²) in [6.07, 6.45) is 2.30. The molecule has 0 aliphatic rings. The average molecular weight is 282 g/mol. The van der Waals surface area contributed by atoms with Gasteiger partial charge in [-0.15, -0.1) is 0 Å². The van der Waals surface area contributed by atoms with Gasteiger partial charge in [-0.1, -0.05) is 31.5 Å². The van der Waals surface area contributed by atoms with Gasteiger partial charge in [0.15, 0.2) is 4.77 Å². The van der Waals surface area contributed by atoms with E-state index in [-0.39, 0.29) is 0 Å². The lowest BCUT2D eigenvalue weighted by Crippen LogP contribution is -1.94. The number of H-pyrrole nitrogens is 1. The van der Waals surface area contributed by atoms with E-state index in [1.165, 1.54) is 17.5 Å². The van der Waals surface area contributed by atoms with Crippen molar-refractivity contribution in [1.29, 1.82) is 0 Å². The fourth-order valence-corrected chi connectivity index (χ4v) is 2.90. The van der Waals surface area contributed by atoms with Gasteiger partial charge in [-0.3, -0.25) is 4.57 Å². The minimum Gasteiger partial charge on any atom is -0.330 e. The maximum atomic E-state index is 5.47. The third-order valence-electron chi connectivity index (χ3n) is 3.57. The molecule has 102 valence electrons. The second kappa shape index (κ2) is 5.25. The highest BCUT2D eigenvalue weighted by Crippen LogP contribution is 2.21. The van der Waals surface area contributed by atoms with Crippen LogP contribution in [0.1, 0.15) is 24.5 Å². The Hall–Kier alpha value is -1.87. The number of hydrogen-bond donors (Lipinski definition) is 1.